The summed E-state index contributed by atoms with van der Waals surface area (Å²) in [5.74, 6) is -0.264. The summed E-state index contributed by atoms with van der Waals surface area (Å²) in [6, 6.07) is 8.41. The normalized spacial score (nSPS) is 10.1. The van der Waals surface area contributed by atoms with Gasteiger partial charge in [0.1, 0.15) is 0 Å². The molecule has 92 valence electrons. The lowest BCUT2D eigenvalue weighted by molar-refractivity contribution is 0.102. The number of nitrogen functional groups attached to an aromatic ring is 1. The number of pyridine rings is 1. The Morgan fingerprint density at radius 2 is 2.17 bits per heavy atom. The molecule has 1 aromatic heterocycles. The minimum atomic E-state index is -0.264. The maximum atomic E-state index is 12.0. The minimum absolute atomic E-state index is 0.264. The zero-order valence-corrected chi connectivity index (χ0v) is 10.5. The molecule has 2 rings (SSSR count). The van der Waals surface area contributed by atoms with Gasteiger partial charge >= 0.3 is 0 Å². The van der Waals surface area contributed by atoms with Gasteiger partial charge in [0.2, 0.25) is 0 Å². The van der Waals surface area contributed by atoms with Crippen LogP contribution in [0.4, 0.5) is 11.4 Å². The number of anilines is 2. The third-order valence-corrected chi connectivity index (χ3v) is 2.76. The van der Waals surface area contributed by atoms with Gasteiger partial charge in [-0.3, -0.25) is 9.78 Å². The SMILES string of the molecule is Cc1cc(C(=O)Nc2c(N)cccc2Cl)ccn1. The fourth-order valence-electron chi connectivity index (χ4n) is 1.55. The van der Waals surface area contributed by atoms with Gasteiger partial charge in [0, 0.05) is 17.5 Å². The average molecular weight is 262 g/mol. The second-order valence-corrected chi connectivity index (χ2v) is 4.25. The number of para-hydroxylation sites is 1. The summed E-state index contributed by atoms with van der Waals surface area (Å²) in [5.41, 5.74) is 7.92. The number of carbonyl (C=O) groups excluding carboxylic acids is 1. The number of halogens is 1. The molecule has 2 aromatic rings. The number of carbonyl (C=O) groups is 1. The second-order valence-electron chi connectivity index (χ2n) is 3.84. The van der Waals surface area contributed by atoms with Crippen LogP contribution < -0.4 is 11.1 Å². The lowest BCUT2D eigenvalue weighted by Gasteiger charge is -2.10. The van der Waals surface area contributed by atoms with Crippen molar-refractivity contribution in [3.63, 3.8) is 0 Å². The summed E-state index contributed by atoms with van der Waals surface area (Å²) in [7, 11) is 0. The monoisotopic (exact) mass is 261 g/mol. The van der Waals surface area contributed by atoms with E-state index >= 15 is 0 Å². The van der Waals surface area contributed by atoms with Gasteiger partial charge in [0.25, 0.3) is 5.91 Å². The van der Waals surface area contributed by atoms with Gasteiger partial charge in [-0.1, -0.05) is 17.7 Å². The lowest BCUT2D eigenvalue weighted by Crippen LogP contribution is -2.13. The van der Waals surface area contributed by atoms with Crippen LogP contribution in [-0.4, -0.2) is 10.9 Å². The number of aromatic nitrogens is 1. The first-order valence-electron chi connectivity index (χ1n) is 5.36. The molecule has 4 nitrogen and oxygen atoms in total. The molecule has 18 heavy (non-hydrogen) atoms. The molecule has 0 radical (unpaired) electrons. The number of benzene rings is 1. The molecule has 0 saturated carbocycles. The number of nitrogens with one attached hydrogen (secondary N) is 1. The maximum absolute atomic E-state index is 12.0. The van der Waals surface area contributed by atoms with Crippen molar-refractivity contribution in [2.45, 2.75) is 6.92 Å². The Morgan fingerprint density at radius 1 is 1.39 bits per heavy atom. The smallest absolute Gasteiger partial charge is 0.255 e. The van der Waals surface area contributed by atoms with Crippen LogP contribution in [-0.2, 0) is 0 Å². The molecule has 0 bridgehead atoms. The van der Waals surface area contributed by atoms with Gasteiger partial charge in [0.15, 0.2) is 0 Å². The van der Waals surface area contributed by atoms with Crippen molar-refractivity contribution in [3.8, 4) is 0 Å². The van der Waals surface area contributed by atoms with Gasteiger partial charge < -0.3 is 11.1 Å². The number of aryl methyl sites for hydroxylation is 1. The molecule has 1 amide bonds. The van der Waals surface area contributed by atoms with E-state index in [4.69, 9.17) is 17.3 Å². The molecule has 0 aliphatic carbocycles. The summed E-state index contributed by atoms with van der Waals surface area (Å²) in [5, 5.41) is 3.11. The van der Waals surface area contributed by atoms with Crippen molar-refractivity contribution in [1.29, 1.82) is 0 Å². The zero-order valence-electron chi connectivity index (χ0n) is 9.77. The highest BCUT2D eigenvalue weighted by molar-refractivity contribution is 6.34. The van der Waals surface area contributed by atoms with E-state index in [1.807, 2.05) is 6.92 Å². The Morgan fingerprint density at radius 3 is 2.83 bits per heavy atom. The summed E-state index contributed by atoms with van der Waals surface area (Å²) < 4.78 is 0. The minimum Gasteiger partial charge on any atom is -0.397 e. The number of rotatable bonds is 2. The molecule has 5 heteroatoms. The molecule has 0 aliphatic rings. The van der Waals surface area contributed by atoms with Crippen LogP contribution in [0.15, 0.2) is 36.5 Å². The fourth-order valence-corrected chi connectivity index (χ4v) is 1.77. The number of nitrogens with zero attached hydrogens (tertiary/aromatic N) is 1. The summed E-state index contributed by atoms with van der Waals surface area (Å²) >= 11 is 5.99. The summed E-state index contributed by atoms with van der Waals surface area (Å²) in [4.78, 5) is 16.1. The molecule has 3 N–H and O–H groups in total. The first-order valence-corrected chi connectivity index (χ1v) is 5.73. The van der Waals surface area contributed by atoms with E-state index in [1.54, 1.807) is 36.5 Å². The molecular formula is C13H12ClN3O. The van der Waals surface area contributed by atoms with Crippen molar-refractivity contribution in [2.24, 2.45) is 0 Å². The molecule has 0 atom stereocenters. The Balaban J connectivity index is 2.27. The van der Waals surface area contributed by atoms with Gasteiger partial charge in [0.05, 0.1) is 16.4 Å². The van der Waals surface area contributed by atoms with Crippen molar-refractivity contribution in [2.75, 3.05) is 11.1 Å². The summed E-state index contributed by atoms with van der Waals surface area (Å²) in [6.45, 7) is 1.82. The molecular weight excluding hydrogens is 250 g/mol. The van der Waals surface area contributed by atoms with E-state index in [-0.39, 0.29) is 5.91 Å². The number of amides is 1. The van der Waals surface area contributed by atoms with Crippen molar-refractivity contribution < 1.29 is 4.79 Å². The third-order valence-electron chi connectivity index (χ3n) is 2.44. The molecule has 0 spiro atoms. The van der Waals surface area contributed by atoms with Crippen molar-refractivity contribution in [3.05, 3.63) is 52.8 Å². The Hall–Kier alpha value is -2.07. The summed E-state index contributed by atoms with van der Waals surface area (Å²) in [6.07, 6.45) is 1.58. The highest BCUT2D eigenvalue weighted by Crippen LogP contribution is 2.28. The fraction of sp³-hybridized carbons (Fsp3) is 0.0769. The largest absolute Gasteiger partial charge is 0.397 e. The Labute approximate surface area is 110 Å². The van der Waals surface area contributed by atoms with Gasteiger partial charge in [-0.15, -0.1) is 0 Å². The number of nitrogens with two attached hydrogens (primary N) is 1. The van der Waals surface area contributed by atoms with Crippen LogP contribution in [0.25, 0.3) is 0 Å². The van der Waals surface area contributed by atoms with E-state index in [2.05, 4.69) is 10.3 Å². The lowest BCUT2D eigenvalue weighted by atomic mass is 10.2. The second kappa shape index (κ2) is 5.06. The predicted octanol–water partition coefficient (Wildman–Crippen LogP) is 2.88. The molecule has 0 fully saturated rings. The van der Waals surface area contributed by atoms with Crippen LogP contribution in [0.5, 0.6) is 0 Å². The predicted molar refractivity (Wildman–Crippen MR) is 72.8 cm³/mol. The van der Waals surface area contributed by atoms with Crippen LogP contribution in [0.1, 0.15) is 16.1 Å². The highest BCUT2D eigenvalue weighted by atomic mass is 35.5. The quantitative estimate of drug-likeness (QED) is 0.817. The maximum Gasteiger partial charge on any atom is 0.255 e. The van der Waals surface area contributed by atoms with Crippen molar-refractivity contribution >= 4 is 28.9 Å². The van der Waals surface area contributed by atoms with Crippen LogP contribution in [0.2, 0.25) is 5.02 Å². The molecule has 1 heterocycles. The van der Waals surface area contributed by atoms with Crippen molar-refractivity contribution in [1.82, 2.24) is 4.98 Å². The number of hydrogen-bond acceptors (Lipinski definition) is 3. The van der Waals surface area contributed by atoms with Gasteiger partial charge in [-0.25, -0.2) is 0 Å². The van der Waals surface area contributed by atoms with Crippen LogP contribution in [0, 0.1) is 6.92 Å². The Kier molecular flexibility index (Phi) is 3.48. The van der Waals surface area contributed by atoms with Crippen LogP contribution >= 0.6 is 11.6 Å². The van der Waals surface area contributed by atoms with E-state index in [0.29, 0.717) is 22.0 Å². The zero-order chi connectivity index (χ0) is 13.1. The standard InChI is InChI=1S/C13H12ClN3O/c1-8-7-9(5-6-16-8)13(18)17-12-10(14)3-2-4-11(12)15/h2-7H,15H2,1H3,(H,17,18). The van der Waals surface area contributed by atoms with E-state index in [1.165, 1.54) is 0 Å². The molecule has 0 saturated heterocycles. The van der Waals surface area contributed by atoms with E-state index in [9.17, 15) is 4.79 Å². The molecule has 0 unspecified atom stereocenters. The van der Waals surface area contributed by atoms with E-state index < -0.39 is 0 Å². The van der Waals surface area contributed by atoms with Gasteiger partial charge in [-0.05, 0) is 31.2 Å². The number of hydrogen-bond donors (Lipinski definition) is 2. The highest BCUT2D eigenvalue weighted by Gasteiger charge is 2.10. The van der Waals surface area contributed by atoms with Gasteiger partial charge in [-0.2, -0.15) is 0 Å². The molecule has 0 aliphatic heterocycles. The average Bonchev–Trinajstić information content (AvgIpc) is 2.34. The first kappa shape index (κ1) is 12.4. The van der Waals surface area contributed by atoms with E-state index in [0.717, 1.165) is 5.69 Å². The third kappa shape index (κ3) is 2.60. The Bertz CT molecular complexity index is 578. The first-order chi connectivity index (χ1) is 8.58. The molecule has 1 aromatic carbocycles. The topological polar surface area (TPSA) is 68.0 Å². The van der Waals surface area contributed by atoms with Crippen LogP contribution in [0.3, 0.4) is 0 Å².